The smallest absolute Gasteiger partial charge is 0.237 e. The minimum atomic E-state index is -0.363. The highest BCUT2D eigenvalue weighted by atomic mass is 16.7. The summed E-state index contributed by atoms with van der Waals surface area (Å²) in [5.41, 5.74) is 0. The Bertz CT molecular complexity index is 189. The van der Waals surface area contributed by atoms with Crippen LogP contribution in [0.2, 0.25) is 0 Å². The second-order valence-electron chi connectivity index (χ2n) is 3.65. The van der Waals surface area contributed by atoms with Gasteiger partial charge in [0.15, 0.2) is 6.29 Å². The van der Waals surface area contributed by atoms with Gasteiger partial charge in [-0.15, -0.1) is 0 Å². The molecule has 0 aromatic heterocycles. The van der Waals surface area contributed by atoms with Crippen LogP contribution in [0.3, 0.4) is 0 Å². The van der Waals surface area contributed by atoms with Crippen molar-refractivity contribution in [2.75, 3.05) is 27.3 Å². The van der Waals surface area contributed by atoms with Crippen LogP contribution >= 0.6 is 0 Å². The highest BCUT2D eigenvalue weighted by molar-refractivity contribution is 5.81. The molecular weight excluding hydrogens is 196 g/mol. The molecule has 0 radical (unpaired) electrons. The number of carbonyl (C=O) groups excluding carboxylic acids is 1. The van der Waals surface area contributed by atoms with Crippen molar-refractivity contribution in [1.29, 1.82) is 0 Å². The van der Waals surface area contributed by atoms with Gasteiger partial charge in [0.05, 0.1) is 12.6 Å². The Kier molecular flexibility index (Phi) is 5.60. The molecule has 0 unspecified atom stereocenters. The van der Waals surface area contributed by atoms with Gasteiger partial charge in [-0.25, -0.2) is 0 Å². The van der Waals surface area contributed by atoms with E-state index in [2.05, 4.69) is 10.6 Å². The Morgan fingerprint density at radius 3 is 2.73 bits per heavy atom. The van der Waals surface area contributed by atoms with Gasteiger partial charge in [-0.2, -0.15) is 0 Å². The average Bonchev–Trinajstić information content (AvgIpc) is 2.31. The summed E-state index contributed by atoms with van der Waals surface area (Å²) < 4.78 is 9.96. The van der Waals surface area contributed by atoms with E-state index < -0.39 is 0 Å². The van der Waals surface area contributed by atoms with E-state index in [1.165, 1.54) is 0 Å². The fraction of sp³-hybridized carbons (Fsp3) is 0.900. The van der Waals surface area contributed by atoms with E-state index >= 15 is 0 Å². The lowest BCUT2D eigenvalue weighted by molar-refractivity contribution is -0.129. The number of methoxy groups -OCH3 is 2. The summed E-state index contributed by atoms with van der Waals surface area (Å²) in [4.78, 5) is 11.6. The van der Waals surface area contributed by atoms with Crippen LogP contribution in [0.5, 0.6) is 0 Å². The highest BCUT2D eigenvalue weighted by Gasteiger charge is 2.20. The molecule has 1 aliphatic heterocycles. The third-order valence-corrected chi connectivity index (χ3v) is 2.60. The van der Waals surface area contributed by atoms with Gasteiger partial charge in [-0.05, 0) is 19.4 Å². The maximum Gasteiger partial charge on any atom is 0.237 e. The van der Waals surface area contributed by atoms with Crippen molar-refractivity contribution >= 4 is 5.91 Å². The molecule has 0 spiro atoms. The third kappa shape index (κ3) is 4.15. The summed E-state index contributed by atoms with van der Waals surface area (Å²) in [6, 6.07) is -0.0480. The maximum absolute atomic E-state index is 11.6. The lowest BCUT2D eigenvalue weighted by atomic mass is 10.0. The van der Waals surface area contributed by atoms with Crippen molar-refractivity contribution in [3.05, 3.63) is 0 Å². The molecule has 0 aromatic carbocycles. The molecule has 0 aromatic rings. The van der Waals surface area contributed by atoms with Crippen LogP contribution in [-0.2, 0) is 14.3 Å². The van der Waals surface area contributed by atoms with Crippen LogP contribution in [0.1, 0.15) is 19.3 Å². The number of carbonyl (C=O) groups is 1. The topological polar surface area (TPSA) is 59.6 Å². The van der Waals surface area contributed by atoms with E-state index in [0.29, 0.717) is 6.54 Å². The molecule has 5 heteroatoms. The summed E-state index contributed by atoms with van der Waals surface area (Å²) in [6.45, 7) is 1.32. The van der Waals surface area contributed by atoms with Gasteiger partial charge in [0.25, 0.3) is 0 Å². The lowest BCUT2D eigenvalue weighted by Gasteiger charge is -2.23. The predicted octanol–water partition coefficient (Wildman–Crippen LogP) is -0.136. The Morgan fingerprint density at radius 2 is 2.20 bits per heavy atom. The van der Waals surface area contributed by atoms with Gasteiger partial charge in [0.2, 0.25) is 5.91 Å². The summed E-state index contributed by atoms with van der Waals surface area (Å²) in [7, 11) is 3.11. The molecule has 0 aliphatic carbocycles. The van der Waals surface area contributed by atoms with Gasteiger partial charge in [0.1, 0.15) is 0 Å². The summed E-state index contributed by atoms with van der Waals surface area (Å²) in [5.74, 6) is 0.0359. The molecule has 1 heterocycles. The SMILES string of the molecule is COC(CNC(=O)[C@H]1CCCCN1)OC. The molecule has 1 aliphatic rings. The van der Waals surface area contributed by atoms with Gasteiger partial charge in [-0.3, -0.25) is 4.79 Å². The fourth-order valence-corrected chi connectivity index (χ4v) is 1.65. The molecule has 0 bridgehead atoms. The van der Waals surface area contributed by atoms with Gasteiger partial charge >= 0.3 is 0 Å². The normalized spacial score (nSPS) is 21.7. The van der Waals surface area contributed by atoms with Crippen molar-refractivity contribution in [3.63, 3.8) is 0 Å². The molecule has 1 saturated heterocycles. The first-order valence-corrected chi connectivity index (χ1v) is 5.34. The Balaban J connectivity index is 2.22. The first-order chi connectivity index (χ1) is 7.27. The molecule has 1 fully saturated rings. The zero-order chi connectivity index (χ0) is 11.1. The zero-order valence-electron chi connectivity index (χ0n) is 9.41. The van der Waals surface area contributed by atoms with E-state index in [-0.39, 0.29) is 18.2 Å². The summed E-state index contributed by atoms with van der Waals surface area (Å²) >= 11 is 0. The number of ether oxygens (including phenoxy) is 2. The molecule has 5 nitrogen and oxygen atoms in total. The maximum atomic E-state index is 11.6. The second kappa shape index (κ2) is 6.76. The van der Waals surface area contributed by atoms with Crippen molar-refractivity contribution in [1.82, 2.24) is 10.6 Å². The van der Waals surface area contributed by atoms with E-state index in [1.54, 1.807) is 14.2 Å². The van der Waals surface area contributed by atoms with Crippen LogP contribution in [0.15, 0.2) is 0 Å². The molecule has 0 saturated carbocycles. The third-order valence-electron chi connectivity index (χ3n) is 2.60. The van der Waals surface area contributed by atoms with E-state index in [1.807, 2.05) is 0 Å². The molecular formula is C10H20N2O3. The van der Waals surface area contributed by atoms with Crippen LogP contribution in [0.25, 0.3) is 0 Å². The summed E-state index contributed by atoms with van der Waals surface area (Å²) in [6.07, 6.45) is 2.82. The largest absolute Gasteiger partial charge is 0.354 e. The second-order valence-corrected chi connectivity index (χ2v) is 3.65. The van der Waals surface area contributed by atoms with E-state index in [9.17, 15) is 4.79 Å². The highest BCUT2D eigenvalue weighted by Crippen LogP contribution is 2.06. The molecule has 15 heavy (non-hydrogen) atoms. The van der Waals surface area contributed by atoms with Gasteiger partial charge in [0, 0.05) is 14.2 Å². The van der Waals surface area contributed by atoms with Crippen molar-refractivity contribution in [3.8, 4) is 0 Å². The Morgan fingerprint density at radius 1 is 1.47 bits per heavy atom. The molecule has 88 valence electrons. The molecule has 1 amide bonds. The number of nitrogens with one attached hydrogen (secondary N) is 2. The van der Waals surface area contributed by atoms with Crippen molar-refractivity contribution in [2.24, 2.45) is 0 Å². The van der Waals surface area contributed by atoms with Crippen LogP contribution in [-0.4, -0.2) is 45.5 Å². The first kappa shape index (κ1) is 12.4. The van der Waals surface area contributed by atoms with E-state index in [4.69, 9.17) is 9.47 Å². The number of piperidine rings is 1. The van der Waals surface area contributed by atoms with Crippen molar-refractivity contribution < 1.29 is 14.3 Å². The minimum Gasteiger partial charge on any atom is -0.354 e. The minimum absolute atomic E-state index is 0.0359. The van der Waals surface area contributed by atoms with Crippen LogP contribution < -0.4 is 10.6 Å². The quantitative estimate of drug-likeness (QED) is 0.628. The first-order valence-electron chi connectivity index (χ1n) is 5.34. The summed E-state index contributed by atoms with van der Waals surface area (Å²) in [5, 5.41) is 5.99. The lowest BCUT2D eigenvalue weighted by Crippen LogP contribution is -2.48. The van der Waals surface area contributed by atoms with Crippen LogP contribution in [0.4, 0.5) is 0 Å². The van der Waals surface area contributed by atoms with Gasteiger partial charge < -0.3 is 20.1 Å². The predicted molar refractivity (Wildman–Crippen MR) is 56.5 cm³/mol. The Hall–Kier alpha value is -0.650. The number of hydrogen-bond donors (Lipinski definition) is 2. The zero-order valence-corrected chi connectivity index (χ0v) is 9.41. The average molecular weight is 216 g/mol. The van der Waals surface area contributed by atoms with E-state index in [0.717, 1.165) is 25.8 Å². The standard InChI is InChI=1S/C10H20N2O3/c1-14-9(15-2)7-12-10(13)8-5-3-4-6-11-8/h8-9,11H,3-7H2,1-2H3,(H,12,13)/t8-/m1/s1. The van der Waals surface area contributed by atoms with Crippen molar-refractivity contribution in [2.45, 2.75) is 31.6 Å². The number of amides is 1. The molecule has 1 rings (SSSR count). The van der Waals surface area contributed by atoms with Crippen LogP contribution in [0, 0.1) is 0 Å². The number of rotatable bonds is 5. The monoisotopic (exact) mass is 216 g/mol. The fourth-order valence-electron chi connectivity index (χ4n) is 1.65. The Labute approximate surface area is 90.5 Å². The number of hydrogen-bond acceptors (Lipinski definition) is 4. The molecule has 2 N–H and O–H groups in total. The van der Waals surface area contributed by atoms with Gasteiger partial charge in [-0.1, -0.05) is 6.42 Å². The molecule has 1 atom stereocenters.